The van der Waals surface area contributed by atoms with Gasteiger partial charge in [0.1, 0.15) is 0 Å². The molecule has 8 aromatic carbocycles. The lowest BCUT2D eigenvalue weighted by Gasteiger charge is -2.45. The number of para-hydroxylation sites is 5. The molecule has 2 aliphatic heterocycles. The second-order valence-corrected chi connectivity index (χ2v) is 14.7. The van der Waals surface area contributed by atoms with Gasteiger partial charge in [-0.2, -0.15) is 0 Å². The molecule has 11 rings (SSSR count). The first-order chi connectivity index (χ1) is 25.8. The van der Waals surface area contributed by atoms with Gasteiger partial charge in [-0.1, -0.05) is 151 Å². The minimum atomic E-state index is -0.495. The largest absolute Gasteiger partial charge is 0.311 e. The summed E-state index contributed by atoms with van der Waals surface area (Å²) >= 11 is 1.91. The SMILES string of the molecule is c1ccc(N(c2ccccc2)c2ccc(-c3cccc4c3Sc3ccccc3C43c4ccccc4-n4c5ccccc5c5cccc3c54)cc2)cc1. The van der Waals surface area contributed by atoms with Crippen LogP contribution in [0.3, 0.4) is 0 Å². The van der Waals surface area contributed by atoms with Gasteiger partial charge in [0, 0.05) is 37.6 Å². The predicted octanol–water partition coefficient (Wildman–Crippen LogP) is 13.1. The van der Waals surface area contributed by atoms with Gasteiger partial charge in [-0.05, 0) is 88.0 Å². The molecule has 52 heavy (non-hydrogen) atoms. The van der Waals surface area contributed by atoms with E-state index < -0.39 is 5.41 Å². The van der Waals surface area contributed by atoms with Gasteiger partial charge in [-0.3, -0.25) is 0 Å². The van der Waals surface area contributed by atoms with Gasteiger partial charge >= 0.3 is 0 Å². The number of nitrogens with zero attached hydrogens (tertiary/aromatic N) is 2. The predicted molar refractivity (Wildman–Crippen MR) is 217 cm³/mol. The third kappa shape index (κ3) is 4.03. The third-order valence-electron chi connectivity index (χ3n) is 11.0. The molecule has 0 saturated carbocycles. The molecule has 1 atom stereocenters. The number of hydrogen-bond donors (Lipinski definition) is 0. The molecule has 1 spiro atoms. The summed E-state index contributed by atoms with van der Waals surface area (Å²) < 4.78 is 2.51. The van der Waals surface area contributed by atoms with Crippen LogP contribution in [-0.2, 0) is 5.41 Å². The van der Waals surface area contributed by atoms with E-state index in [1.165, 1.54) is 70.7 Å². The van der Waals surface area contributed by atoms with Crippen molar-refractivity contribution in [2.45, 2.75) is 15.2 Å². The van der Waals surface area contributed by atoms with Crippen LogP contribution >= 0.6 is 11.8 Å². The number of rotatable bonds is 4. The van der Waals surface area contributed by atoms with Crippen molar-refractivity contribution in [1.29, 1.82) is 0 Å². The molecule has 2 nitrogen and oxygen atoms in total. The highest BCUT2D eigenvalue weighted by atomic mass is 32.2. The minimum Gasteiger partial charge on any atom is -0.311 e. The molecular weight excluding hydrogens is 649 g/mol. The Bertz CT molecular complexity index is 2780. The molecular formula is C49H32N2S. The highest BCUT2D eigenvalue weighted by Gasteiger charge is 2.49. The summed E-state index contributed by atoms with van der Waals surface area (Å²) in [5.41, 5.74) is 14.5. The number of fused-ring (bicyclic) bond motifs is 11. The zero-order valence-electron chi connectivity index (χ0n) is 28.3. The number of hydrogen-bond acceptors (Lipinski definition) is 2. The second kappa shape index (κ2) is 11.4. The Kier molecular flexibility index (Phi) is 6.43. The molecule has 1 unspecified atom stereocenters. The van der Waals surface area contributed by atoms with E-state index in [1.54, 1.807) is 0 Å². The van der Waals surface area contributed by atoms with Crippen LogP contribution in [-0.4, -0.2) is 4.57 Å². The van der Waals surface area contributed by atoms with Crippen molar-refractivity contribution in [3.63, 3.8) is 0 Å². The van der Waals surface area contributed by atoms with E-state index in [0.29, 0.717) is 0 Å². The van der Waals surface area contributed by atoms with E-state index in [-0.39, 0.29) is 0 Å². The maximum Gasteiger partial charge on any atom is 0.0764 e. The molecule has 3 heterocycles. The summed E-state index contributed by atoms with van der Waals surface area (Å²) in [4.78, 5) is 4.94. The Morgan fingerprint density at radius 3 is 1.79 bits per heavy atom. The van der Waals surface area contributed by atoms with Gasteiger partial charge < -0.3 is 9.47 Å². The van der Waals surface area contributed by atoms with Crippen molar-refractivity contribution in [3.05, 3.63) is 216 Å². The Morgan fingerprint density at radius 1 is 0.423 bits per heavy atom. The number of aromatic nitrogens is 1. The second-order valence-electron chi connectivity index (χ2n) is 13.7. The van der Waals surface area contributed by atoms with Crippen molar-refractivity contribution >= 4 is 50.6 Å². The first kappa shape index (κ1) is 29.4. The molecule has 3 heteroatoms. The fourth-order valence-electron chi connectivity index (χ4n) is 8.96. The first-order valence-corrected chi connectivity index (χ1v) is 18.7. The lowest BCUT2D eigenvalue weighted by Crippen LogP contribution is -2.37. The van der Waals surface area contributed by atoms with Gasteiger partial charge in [0.25, 0.3) is 0 Å². The van der Waals surface area contributed by atoms with E-state index in [9.17, 15) is 0 Å². The molecule has 1 aromatic heterocycles. The third-order valence-corrected chi connectivity index (χ3v) is 12.3. The van der Waals surface area contributed by atoms with Gasteiger partial charge in [-0.25, -0.2) is 0 Å². The lowest BCUT2D eigenvalue weighted by molar-refractivity contribution is 0.690. The summed E-state index contributed by atoms with van der Waals surface area (Å²) in [6.07, 6.45) is 0. The van der Waals surface area contributed by atoms with Crippen molar-refractivity contribution in [3.8, 4) is 16.8 Å². The van der Waals surface area contributed by atoms with E-state index in [4.69, 9.17) is 0 Å². The monoisotopic (exact) mass is 680 g/mol. The van der Waals surface area contributed by atoms with Gasteiger partial charge in [-0.15, -0.1) is 0 Å². The summed E-state index contributed by atoms with van der Waals surface area (Å²) in [6.45, 7) is 0. The molecule has 0 radical (unpaired) electrons. The molecule has 0 fully saturated rings. The quantitative estimate of drug-likeness (QED) is 0.183. The summed E-state index contributed by atoms with van der Waals surface area (Å²) in [7, 11) is 0. The standard InChI is InChI=1S/C49H32N2S/c1-3-15-34(16-4-1)50(35-17-5-2-6-18-35)36-31-29-33(30-32-36)37-20-13-25-43-48(37)52-46-28-12-9-23-41(46)49(43)40-22-8-11-27-45(40)51-44-26-10-7-19-38(44)39-21-14-24-42(49)47(39)51/h1-32H. The van der Waals surface area contributed by atoms with E-state index in [1.807, 2.05) is 11.8 Å². The molecule has 0 amide bonds. The highest BCUT2D eigenvalue weighted by Crippen LogP contribution is 2.61. The maximum absolute atomic E-state index is 2.51. The Hall–Kier alpha value is -6.29. The Labute approximate surface area is 307 Å². The van der Waals surface area contributed by atoms with Gasteiger partial charge in [0.15, 0.2) is 0 Å². The minimum absolute atomic E-state index is 0.495. The molecule has 0 N–H and O–H groups in total. The summed E-state index contributed by atoms with van der Waals surface area (Å²) in [6, 6.07) is 71.3. The van der Waals surface area contributed by atoms with Crippen LogP contribution in [0.25, 0.3) is 38.6 Å². The van der Waals surface area contributed by atoms with Gasteiger partial charge in [0.2, 0.25) is 0 Å². The maximum atomic E-state index is 2.51. The number of benzene rings is 8. The van der Waals surface area contributed by atoms with E-state index in [2.05, 4.69) is 204 Å². The number of anilines is 3. The fraction of sp³-hybridized carbons (Fsp3) is 0.0204. The highest BCUT2D eigenvalue weighted by molar-refractivity contribution is 7.99. The van der Waals surface area contributed by atoms with Crippen LogP contribution in [0.15, 0.2) is 204 Å². The lowest BCUT2D eigenvalue weighted by atomic mass is 9.62. The van der Waals surface area contributed by atoms with Crippen molar-refractivity contribution in [2.24, 2.45) is 0 Å². The van der Waals surface area contributed by atoms with Crippen LogP contribution < -0.4 is 4.90 Å². The topological polar surface area (TPSA) is 8.17 Å². The fourth-order valence-corrected chi connectivity index (χ4v) is 10.3. The van der Waals surface area contributed by atoms with Crippen LogP contribution in [0, 0.1) is 0 Å². The first-order valence-electron chi connectivity index (χ1n) is 17.9. The molecule has 0 bridgehead atoms. The van der Waals surface area contributed by atoms with Crippen LogP contribution in [0.5, 0.6) is 0 Å². The Balaban J connectivity index is 1.16. The van der Waals surface area contributed by atoms with E-state index in [0.717, 1.165) is 17.1 Å². The molecule has 2 aliphatic rings. The molecule has 9 aromatic rings. The zero-order valence-corrected chi connectivity index (χ0v) is 29.1. The van der Waals surface area contributed by atoms with Crippen molar-refractivity contribution < 1.29 is 0 Å². The smallest absolute Gasteiger partial charge is 0.0764 e. The van der Waals surface area contributed by atoms with Crippen molar-refractivity contribution in [1.82, 2.24) is 4.57 Å². The van der Waals surface area contributed by atoms with Crippen LogP contribution in [0.1, 0.15) is 22.3 Å². The molecule has 244 valence electrons. The van der Waals surface area contributed by atoms with Gasteiger partial charge in [0.05, 0.1) is 22.1 Å². The van der Waals surface area contributed by atoms with E-state index >= 15 is 0 Å². The molecule has 0 aliphatic carbocycles. The zero-order chi connectivity index (χ0) is 34.2. The van der Waals surface area contributed by atoms with Crippen molar-refractivity contribution in [2.75, 3.05) is 4.90 Å². The van der Waals surface area contributed by atoms with Crippen LogP contribution in [0.4, 0.5) is 17.1 Å². The molecule has 0 saturated heterocycles. The normalized spacial score (nSPS) is 15.3. The van der Waals surface area contributed by atoms with Crippen LogP contribution in [0.2, 0.25) is 0 Å². The average Bonchev–Trinajstić information content (AvgIpc) is 3.56. The average molecular weight is 681 g/mol. The summed E-state index contributed by atoms with van der Waals surface area (Å²) in [5, 5.41) is 2.59. The Morgan fingerprint density at radius 2 is 1.00 bits per heavy atom. The summed E-state index contributed by atoms with van der Waals surface area (Å²) in [5.74, 6) is 0.